The number of rotatable bonds is 2. The van der Waals surface area contributed by atoms with Crippen LogP contribution in [0.5, 0.6) is 0 Å². The van der Waals surface area contributed by atoms with Crippen LogP contribution in [0.2, 0.25) is 0 Å². The van der Waals surface area contributed by atoms with Gasteiger partial charge in [-0.2, -0.15) is 4.99 Å². The van der Waals surface area contributed by atoms with Crippen LogP contribution in [0.1, 0.15) is 38.1 Å². The smallest absolute Gasteiger partial charge is 0.295 e. The molecule has 0 spiro atoms. The maximum absolute atomic E-state index is 13.3. The van der Waals surface area contributed by atoms with Crippen LogP contribution in [0.4, 0.5) is 4.39 Å². The SMILES string of the molecule is CC(C)OC(=NC(=O)c1cccc(F)c1)N1CC(C)OC(C)C1. The van der Waals surface area contributed by atoms with Crippen LogP contribution in [0, 0.1) is 5.82 Å². The summed E-state index contributed by atoms with van der Waals surface area (Å²) in [7, 11) is 0. The lowest BCUT2D eigenvalue weighted by Gasteiger charge is -2.36. The summed E-state index contributed by atoms with van der Waals surface area (Å²) in [5.74, 6) is -0.988. The number of morpholine rings is 1. The first-order valence-corrected chi connectivity index (χ1v) is 7.80. The van der Waals surface area contributed by atoms with Gasteiger partial charge in [0.25, 0.3) is 11.9 Å². The molecule has 2 atom stereocenters. The Bertz CT molecular complexity index is 579. The molecule has 1 aliphatic rings. The van der Waals surface area contributed by atoms with Crippen LogP contribution in [0.15, 0.2) is 29.3 Å². The fourth-order valence-electron chi connectivity index (χ4n) is 2.49. The molecule has 2 unspecified atom stereocenters. The van der Waals surface area contributed by atoms with Crippen molar-refractivity contribution in [3.05, 3.63) is 35.6 Å². The zero-order valence-electron chi connectivity index (χ0n) is 14.0. The third-order valence-electron chi connectivity index (χ3n) is 3.30. The van der Waals surface area contributed by atoms with Crippen molar-refractivity contribution < 1.29 is 18.7 Å². The summed E-state index contributed by atoms with van der Waals surface area (Å²) in [6.45, 7) is 8.84. The van der Waals surface area contributed by atoms with Crippen molar-refractivity contribution in [3.8, 4) is 0 Å². The van der Waals surface area contributed by atoms with Gasteiger partial charge in [0.15, 0.2) is 0 Å². The zero-order valence-corrected chi connectivity index (χ0v) is 14.0. The lowest BCUT2D eigenvalue weighted by Crippen LogP contribution is -2.49. The largest absolute Gasteiger partial charge is 0.462 e. The topological polar surface area (TPSA) is 51.1 Å². The summed E-state index contributed by atoms with van der Waals surface area (Å²) < 4.78 is 24.7. The van der Waals surface area contributed by atoms with Crippen LogP contribution >= 0.6 is 0 Å². The van der Waals surface area contributed by atoms with E-state index >= 15 is 0 Å². The molecule has 1 saturated heterocycles. The van der Waals surface area contributed by atoms with E-state index in [-0.39, 0.29) is 29.9 Å². The molecule has 1 aliphatic heterocycles. The molecular formula is C17H23FN2O3. The maximum atomic E-state index is 13.3. The van der Waals surface area contributed by atoms with Gasteiger partial charge in [-0.05, 0) is 45.9 Å². The predicted octanol–water partition coefficient (Wildman–Crippen LogP) is 2.86. The number of amides is 1. The van der Waals surface area contributed by atoms with Gasteiger partial charge in [-0.25, -0.2) is 4.39 Å². The number of amidine groups is 1. The van der Waals surface area contributed by atoms with E-state index in [2.05, 4.69) is 4.99 Å². The van der Waals surface area contributed by atoms with Gasteiger partial charge >= 0.3 is 0 Å². The fraction of sp³-hybridized carbons (Fsp3) is 0.529. The summed E-state index contributed by atoms with van der Waals surface area (Å²) in [4.78, 5) is 18.3. The highest BCUT2D eigenvalue weighted by molar-refractivity contribution is 6.01. The van der Waals surface area contributed by atoms with Gasteiger partial charge in [-0.15, -0.1) is 0 Å². The lowest BCUT2D eigenvalue weighted by molar-refractivity contribution is -0.0554. The molecule has 1 fully saturated rings. The Kier molecular flexibility index (Phi) is 5.71. The highest BCUT2D eigenvalue weighted by Crippen LogP contribution is 2.14. The third-order valence-corrected chi connectivity index (χ3v) is 3.30. The van der Waals surface area contributed by atoms with Crippen LogP contribution < -0.4 is 0 Å². The first-order valence-electron chi connectivity index (χ1n) is 7.80. The number of ether oxygens (including phenoxy) is 2. The van der Waals surface area contributed by atoms with E-state index < -0.39 is 11.7 Å². The van der Waals surface area contributed by atoms with Crippen molar-refractivity contribution in [3.63, 3.8) is 0 Å². The molecule has 0 saturated carbocycles. The highest BCUT2D eigenvalue weighted by atomic mass is 19.1. The van der Waals surface area contributed by atoms with Crippen molar-refractivity contribution in [2.24, 2.45) is 4.99 Å². The molecule has 2 rings (SSSR count). The molecule has 0 bridgehead atoms. The average molecular weight is 322 g/mol. The predicted molar refractivity (Wildman–Crippen MR) is 86.0 cm³/mol. The average Bonchev–Trinajstić information content (AvgIpc) is 2.45. The lowest BCUT2D eigenvalue weighted by atomic mass is 10.2. The van der Waals surface area contributed by atoms with Gasteiger partial charge in [-0.1, -0.05) is 6.07 Å². The molecule has 1 aromatic carbocycles. The van der Waals surface area contributed by atoms with Crippen LogP contribution in [0.25, 0.3) is 0 Å². The molecule has 0 N–H and O–H groups in total. The van der Waals surface area contributed by atoms with Crippen molar-refractivity contribution in [2.45, 2.75) is 46.0 Å². The standard InChI is InChI=1S/C17H23FN2O3/c1-11(2)22-17(20-9-12(3)23-13(4)10-20)19-16(21)14-6-5-7-15(18)8-14/h5-8,11-13H,9-10H2,1-4H3. The quantitative estimate of drug-likeness (QED) is 0.620. The summed E-state index contributed by atoms with van der Waals surface area (Å²) in [5, 5.41) is 0. The molecule has 1 amide bonds. The second-order valence-corrected chi connectivity index (χ2v) is 6.04. The van der Waals surface area contributed by atoms with Crippen molar-refractivity contribution in [2.75, 3.05) is 13.1 Å². The molecule has 6 heteroatoms. The van der Waals surface area contributed by atoms with Gasteiger partial charge < -0.3 is 14.4 Å². The Labute approximate surface area is 136 Å². The van der Waals surface area contributed by atoms with E-state index in [1.807, 2.05) is 32.6 Å². The molecule has 1 aromatic rings. The second kappa shape index (κ2) is 7.55. The summed E-state index contributed by atoms with van der Waals surface area (Å²) in [6, 6.07) is 5.74. The molecular weight excluding hydrogens is 299 g/mol. The minimum atomic E-state index is -0.521. The van der Waals surface area contributed by atoms with Crippen molar-refractivity contribution in [1.29, 1.82) is 0 Å². The minimum absolute atomic E-state index is 0.0176. The number of benzene rings is 1. The monoisotopic (exact) mass is 322 g/mol. The Morgan fingerprint density at radius 3 is 2.57 bits per heavy atom. The first kappa shape index (κ1) is 17.4. The van der Waals surface area contributed by atoms with E-state index in [1.165, 1.54) is 24.3 Å². The van der Waals surface area contributed by atoms with Gasteiger partial charge in [0.1, 0.15) is 5.82 Å². The minimum Gasteiger partial charge on any atom is -0.462 e. The highest BCUT2D eigenvalue weighted by Gasteiger charge is 2.27. The van der Waals surface area contributed by atoms with Gasteiger partial charge in [-0.3, -0.25) is 4.79 Å². The number of nitrogens with zero attached hydrogens (tertiary/aromatic N) is 2. The molecule has 0 aromatic heterocycles. The number of halogens is 1. The van der Waals surface area contributed by atoms with Gasteiger partial charge in [0.05, 0.1) is 18.3 Å². The Morgan fingerprint density at radius 2 is 2.00 bits per heavy atom. The second-order valence-electron chi connectivity index (χ2n) is 6.04. The molecule has 1 heterocycles. The fourth-order valence-corrected chi connectivity index (χ4v) is 2.49. The van der Waals surface area contributed by atoms with E-state index in [0.717, 1.165) is 0 Å². The van der Waals surface area contributed by atoms with Gasteiger partial charge in [0.2, 0.25) is 0 Å². The molecule has 126 valence electrons. The van der Waals surface area contributed by atoms with Crippen LogP contribution in [-0.2, 0) is 9.47 Å². The Balaban J connectivity index is 2.24. The van der Waals surface area contributed by atoms with E-state index in [4.69, 9.17) is 9.47 Å². The molecule has 5 nitrogen and oxygen atoms in total. The summed E-state index contributed by atoms with van der Waals surface area (Å²) in [6.07, 6.45) is -0.0875. The Hall–Kier alpha value is -1.95. The van der Waals surface area contributed by atoms with E-state index in [9.17, 15) is 9.18 Å². The van der Waals surface area contributed by atoms with Crippen molar-refractivity contribution >= 4 is 11.9 Å². The maximum Gasteiger partial charge on any atom is 0.295 e. The normalized spacial score (nSPS) is 22.3. The van der Waals surface area contributed by atoms with E-state index in [0.29, 0.717) is 13.1 Å². The number of aliphatic imine (C=N–C) groups is 1. The first-order chi connectivity index (χ1) is 10.8. The number of carbonyl (C=O) groups excluding carboxylic acids is 1. The summed E-state index contributed by atoms with van der Waals surface area (Å²) >= 11 is 0. The summed E-state index contributed by atoms with van der Waals surface area (Å²) in [5.41, 5.74) is 0.198. The molecule has 0 radical (unpaired) electrons. The Morgan fingerprint density at radius 1 is 1.35 bits per heavy atom. The van der Waals surface area contributed by atoms with Crippen molar-refractivity contribution in [1.82, 2.24) is 4.90 Å². The molecule has 23 heavy (non-hydrogen) atoms. The number of hydrogen-bond acceptors (Lipinski definition) is 3. The molecule has 0 aliphatic carbocycles. The van der Waals surface area contributed by atoms with Crippen LogP contribution in [-0.4, -0.2) is 48.2 Å². The van der Waals surface area contributed by atoms with Crippen LogP contribution in [0.3, 0.4) is 0 Å². The number of carbonyl (C=O) groups is 1. The van der Waals surface area contributed by atoms with E-state index in [1.54, 1.807) is 0 Å². The third kappa shape index (κ3) is 5.03. The zero-order chi connectivity index (χ0) is 17.0. The van der Waals surface area contributed by atoms with Gasteiger partial charge in [0, 0.05) is 18.7 Å². The number of hydrogen-bond donors (Lipinski definition) is 0.